The van der Waals surface area contributed by atoms with Gasteiger partial charge >= 0.3 is 0 Å². The lowest BCUT2D eigenvalue weighted by Gasteiger charge is -2.12. The first-order valence-corrected chi connectivity index (χ1v) is 15.6. The monoisotopic (exact) mass is 621 g/mol. The second kappa shape index (κ2) is 12.5. The van der Waals surface area contributed by atoms with Gasteiger partial charge in [-0.1, -0.05) is 85.9 Å². The molecule has 0 unspecified atom stereocenters. The van der Waals surface area contributed by atoms with Crippen molar-refractivity contribution in [3.8, 4) is 28.4 Å². The number of amides is 1. The Kier molecular flexibility index (Phi) is 8.36. The fourth-order valence-corrected chi connectivity index (χ4v) is 6.37. The van der Waals surface area contributed by atoms with Gasteiger partial charge in [0, 0.05) is 24.4 Å². The average Bonchev–Trinajstić information content (AvgIpc) is 3.65. The van der Waals surface area contributed by atoms with E-state index in [1.165, 1.54) is 16.7 Å². The number of anilines is 1. The summed E-state index contributed by atoms with van der Waals surface area (Å²) in [5.74, 6) is 0.415. The molecule has 5 aromatic rings. The van der Waals surface area contributed by atoms with Gasteiger partial charge in [0.1, 0.15) is 17.1 Å². The molecule has 6 rings (SSSR count). The number of unbranched alkanes of at least 4 members (excludes halogenated alkanes) is 1. The van der Waals surface area contributed by atoms with Crippen LogP contribution in [0.25, 0.3) is 28.7 Å². The summed E-state index contributed by atoms with van der Waals surface area (Å²) in [6.45, 7) is 4.58. The van der Waals surface area contributed by atoms with E-state index in [0.717, 1.165) is 35.4 Å². The summed E-state index contributed by atoms with van der Waals surface area (Å²) >= 11 is 6.86. The highest BCUT2D eigenvalue weighted by Gasteiger charge is 2.38. The van der Waals surface area contributed by atoms with E-state index in [2.05, 4.69) is 6.92 Å². The maximum atomic E-state index is 14.0. The largest absolute Gasteiger partial charge is 0.494 e. The molecule has 2 aromatic heterocycles. The number of thiocarbonyl (C=S) groups is 1. The number of hydrogen-bond acceptors (Lipinski definition) is 6. The Morgan fingerprint density at radius 2 is 1.66 bits per heavy atom. The molecule has 3 heterocycles. The van der Waals surface area contributed by atoms with Crippen LogP contribution in [0.15, 0.2) is 101 Å². The molecule has 10 heteroatoms. The van der Waals surface area contributed by atoms with Crippen molar-refractivity contribution in [2.24, 2.45) is 7.05 Å². The lowest BCUT2D eigenvalue weighted by atomic mass is 10.1. The molecule has 0 N–H and O–H groups in total. The van der Waals surface area contributed by atoms with Gasteiger partial charge in [0.2, 0.25) is 0 Å². The molecule has 1 aliphatic rings. The number of rotatable bonds is 9. The molecule has 1 saturated heterocycles. The molecular weight excluding hydrogens is 591 g/mol. The second-order valence-corrected chi connectivity index (χ2v) is 12.0. The molecule has 1 amide bonds. The van der Waals surface area contributed by atoms with Gasteiger partial charge in [-0.3, -0.25) is 19.2 Å². The van der Waals surface area contributed by atoms with Crippen molar-refractivity contribution in [2.45, 2.75) is 26.7 Å². The Morgan fingerprint density at radius 1 is 0.955 bits per heavy atom. The van der Waals surface area contributed by atoms with Gasteiger partial charge in [0.25, 0.3) is 11.5 Å². The van der Waals surface area contributed by atoms with E-state index < -0.39 is 0 Å². The van der Waals surface area contributed by atoms with Crippen LogP contribution in [0.2, 0.25) is 0 Å². The van der Waals surface area contributed by atoms with E-state index in [1.54, 1.807) is 27.2 Å². The minimum atomic E-state index is -0.346. The highest BCUT2D eigenvalue weighted by atomic mass is 32.2. The number of benzene rings is 3. The van der Waals surface area contributed by atoms with E-state index in [-0.39, 0.29) is 17.2 Å². The molecular formula is C34H31N5O3S2. The number of nitrogens with zero attached hydrogens (tertiary/aromatic N) is 5. The lowest BCUT2D eigenvalue weighted by molar-refractivity contribution is -0.113. The predicted molar refractivity (Wildman–Crippen MR) is 181 cm³/mol. The first-order valence-electron chi connectivity index (χ1n) is 14.4. The smallest absolute Gasteiger partial charge is 0.296 e. The third-order valence-corrected chi connectivity index (χ3v) is 8.77. The minimum absolute atomic E-state index is 0.249. The zero-order chi connectivity index (χ0) is 30.8. The zero-order valence-corrected chi connectivity index (χ0v) is 26.3. The Balaban J connectivity index is 1.41. The van der Waals surface area contributed by atoms with Crippen LogP contribution in [0.5, 0.6) is 5.75 Å². The van der Waals surface area contributed by atoms with E-state index >= 15 is 0 Å². The van der Waals surface area contributed by atoms with Crippen LogP contribution in [0.3, 0.4) is 0 Å². The van der Waals surface area contributed by atoms with Crippen LogP contribution in [-0.4, -0.2) is 36.0 Å². The van der Waals surface area contributed by atoms with Crippen molar-refractivity contribution in [3.63, 3.8) is 0 Å². The van der Waals surface area contributed by atoms with E-state index in [4.69, 9.17) is 22.1 Å². The Labute approximate surface area is 265 Å². The van der Waals surface area contributed by atoms with Crippen LogP contribution in [0.1, 0.15) is 31.0 Å². The van der Waals surface area contributed by atoms with Crippen LogP contribution in [0.4, 0.5) is 5.69 Å². The van der Waals surface area contributed by atoms with Crippen molar-refractivity contribution in [3.05, 3.63) is 118 Å². The first-order chi connectivity index (χ1) is 21.4. The van der Waals surface area contributed by atoms with Crippen LogP contribution >= 0.6 is 24.0 Å². The fourth-order valence-electron chi connectivity index (χ4n) is 5.11. The number of carbonyl (C=O) groups excluding carboxylic acids is 1. The van der Waals surface area contributed by atoms with Crippen molar-refractivity contribution in [2.75, 3.05) is 11.5 Å². The average molecular weight is 622 g/mol. The van der Waals surface area contributed by atoms with Gasteiger partial charge in [-0.2, -0.15) is 5.10 Å². The van der Waals surface area contributed by atoms with Crippen molar-refractivity contribution < 1.29 is 9.53 Å². The van der Waals surface area contributed by atoms with Crippen LogP contribution in [-0.2, 0) is 11.8 Å². The molecule has 0 spiro atoms. The Hall–Kier alpha value is -4.67. The van der Waals surface area contributed by atoms with Gasteiger partial charge in [-0.25, -0.2) is 9.36 Å². The molecule has 1 fully saturated rings. The fraction of sp³-hybridized carbons (Fsp3) is 0.176. The molecule has 222 valence electrons. The number of carbonyl (C=O) groups is 1. The number of hydrogen-bond donors (Lipinski definition) is 0. The Morgan fingerprint density at radius 3 is 2.36 bits per heavy atom. The third-order valence-electron chi connectivity index (χ3n) is 7.47. The quantitative estimate of drug-likeness (QED) is 0.101. The summed E-state index contributed by atoms with van der Waals surface area (Å²) in [4.78, 5) is 29.4. The van der Waals surface area contributed by atoms with Gasteiger partial charge < -0.3 is 4.74 Å². The SMILES string of the molecule is CCCCOc1cccc(-c2nn(-c3ccccc3)cc2C=C2SC(=S)N(c3c(C)n(C)n(-c4ccccc4)c3=O)C2=O)c1. The van der Waals surface area contributed by atoms with Gasteiger partial charge in [-0.05, 0) is 55.8 Å². The molecule has 0 aliphatic carbocycles. The summed E-state index contributed by atoms with van der Waals surface area (Å²) in [6.07, 6.45) is 5.72. The van der Waals surface area contributed by atoms with Crippen molar-refractivity contribution in [1.82, 2.24) is 19.1 Å². The van der Waals surface area contributed by atoms with E-state index in [0.29, 0.717) is 32.9 Å². The van der Waals surface area contributed by atoms with Gasteiger partial charge in [0.15, 0.2) is 4.32 Å². The molecule has 44 heavy (non-hydrogen) atoms. The zero-order valence-electron chi connectivity index (χ0n) is 24.6. The molecule has 8 nitrogen and oxygen atoms in total. The number of aromatic nitrogens is 4. The number of ether oxygens (including phenoxy) is 1. The minimum Gasteiger partial charge on any atom is -0.494 e. The topological polar surface area (TPSA) is 74.3 Å². The summed E-state index contributed by atoms with van der Waals surface area (Å²) in [7, 11) is 1.80. The highest BCUT2D eigenvalue weighted by molar-refractivity contribution is 8.27. The van der Waals surface area contributed by atoms with Crippen molar-refractivity contribution >= 4 is 46.0 Å². The maximum Gasteiger partial charge on any atom is 0.296 e. The highest BCUT2D eigenvalue weighted by Crippen LogP contribution is 2.38. The predicted octanol–water partition coefficient (Wildman–Crippen LogP) is 6.92. The third kappa shape index (κ3) is 5.54. The van der Waals surface area contributed by atoms with E-state index in [1.807, 2.05) is 98.0 Å². The number of thioether (sulfide) groups is 1. The summed E-state index contributed by atoms with van der Waals surface area (Å²) < 4.78 is 11.4. The normalized spacial score (nSPS) is 14.2. The van der Waals surface area contributed by atoms with Crippen molar-refractivity contribution in [1.29, 1.82) is 0 Å². The molecule has 0 saturated carbocycles. The summed E-state index contributed by atoms with van der Waals surface area (Å²) in [5.41, 5.74) is 4.46. The number of para-hydroxylation sites is 2. The second-order valence-electron chi connectivity index (χ2n) is 10.4. The van der Waals surface area contributed by atoms with Gasteiger partial charge in [-0.15, -0.1) is 0 Å². The van der Waals surface area contributed by atoms with Gasteiger partial charge in [0.05, 0.1) is 28.6 Å². The standard InChI is InChI=1S/C34H31N5O3S2/c1-4-5-19-42-28-18-12-13-24(20-28)30-25(22-37(35-30)26-14-8-6-9-15-26)21-29-32(40)38(34(43)44-29)31-23(2)36(3)39(33(31)41)27-16-10-7-11-17-27/h6-18,20-22H,4-5,19H2,1-3H3. The molecule has 0 radical (unpaired) electrons. The van der Waals surface area contributed by atoms with E-state index in [9.17, 15) is 9.59 Å². The molecule has 1 aliphatic heterocycles. The molecule has 0 atom stereocenters. The lowest BCUT2D eigenvalue weighted by Crippen LogP contribution is -2.33. The summed E-state index contributed by atoms with van der Waals surface area (Å²) in [6, 6.07) is 27.0. The Bertz CT molecular complexity index is 1940. The maximum absolute atomic E-state index is 14.0. The molecule has 3 aromatic carbocycles. The molecule has 0 bridgehead atoms. The van der Waals surface area contributed by atoms with Crippen LogP contribution < -0.4 is 15.2 Å². The first kappa shape index (κ1) is 29.4. The summed E-state index contributed by atoms with van der Waals surface area (Å²) in [5, 5.41) is 4.92. The van der Waals surface area contributed by atoms with Crippen LogP contribution in [0, 0.1) is 6.92 Å².